The first-order chi connectivity index (χ1) is 5.24. The highest BCUT2D eigenvalue weighted by Gasteiger charge is 2.20. The third kappa shape index (κ3) is 1.90. The van der Waals surface area contributed by atoms with Crippen molar-refractivity contribution >= 4 is 12.2 Å². The van der Waals surface area contributed by atoms with Gasteiger partial charge in [-0.1, -0.05) is 13.0 Å². The van der Waals surface area contributed by atoms with Crippen LogP contribution in [0.1, 0.15) is 19.8 Å². The lowest BCUT2D eigenvalue weighted by molar-refractivity contribution is -0.138. The van der Waals surface area contributed by atoms with Crippen LogP contribution >= 0.6 is 0 Å². The van der Waals surface area contributed by atoms with Gasteiger partial charge in [0.15, 0.2) is 6.04 Å². The summed E-state index contributed by atoms with van der Waals surface area (Å²) in [6, 6.07) is -0.534. The van der Waals surface area contributed by atoms with Crippen LogP contribution in [0.25, 0.3) is 0 Å². The van der Waals surface area contributed by atoms with E-state index >= 15 is 0 Å². The van der Waals surface area contributed by atoms with E-state index in [0.717, 1.165) is 12.0 Å². The van der Waals surface area contributed by atoms with Crippen LogP contribution in [0.15, 0.2) is 16.6 Å². The summed E-state index contributed by atoms with van der Waals surface area (Å²) in [5, 5.41) is 8.56. The summed E-state index contributed by atoms with van der Waals surface area (Å²) < 4.78 is 0. The molecule has 0 unspecified atom stereocenters. The number of rotatable bonds is 2. The minimum Gasteiger partial charge on any atom is -0.480 e. The summed E-state index contributed by atoms with van der Waals surface area (Å²) in [6.45, 7) is 2.02. The maximum Gasteiger partial charge on any atom is 0.328 e. The molecule has 1 N–H and O–H groups in total. The second-order valence-corrected chi connectivity index (χ2v) is 2.52. The van der Waals surface area contributed by atoms with Gasteiger partial charge in [0, 0.05) is 12.6 Å². The smallest absolute Gasteiger partial charge is 0.328 e. The summed E-state index contributed by atoms with van der Waals surface area (Å²) in [5.41, 5.74) is 1.04. The van der Waals surface area contributed by atoms with Gasteiger partial charge < -0.3 is 5.11 Å². The van der Waals surface area contributed by atoms with E-state index in [9.17, 15) is 4.79 Å². The molecule has 0 aromatic rings. The number of allylic oxidation sites excluding steroid dienone is 1. The lowest BCUT2D eigenvalue weighted by atomic mass is 10.1. The summed E-state index contributed by atoms with van der Waals surface area (Å²) in [4.78, 5) is 14.3. The largest absolute Gasteiger partial charge is 0.480 e. The Labute approximate surface area is 65.4 Å². The Bertz CT molecular complexity index is 218. The molecular formula is C8H11NO2. The van der Waals surface area contributed by atoms with Crippen LogP contribution in [-0.2, 0) is 4.79 Å². The highest BCUT2D eigenvalue weighted by Crippen LogP contribution is 2.14. The molecule has 0 radical (unpaired) electrons. The van der Waals surface area contributed by atoms with E-state index in [1.165, 1.54) is 0 Å². The molecule has 1 atom stereocenters. The molecule has 0 saturated heterocycles. The van der Waals surface area contributed by atoms with Crippen molar-refractivity contribution in [3.8, 4) is 0 Å². The maximum absolute atomic E-state index is 10.4. The zero-order valence-corrected chi connectivity index (χ0v) is 6.45. The molecule has 0 aromatic heterocycles. The van der Waals surface area contributed by atoms with E-state index in [-0.39, 0.29) is 0 Å². The summed E-state index contributed by atoms with van der Waals surface area (Å²) in [6.07, 6.45) is 5.16. The van der Waals surface area contributed by atoms with Crippen LogP contribution in [0.5, 0.6) is 0 Å². The summed E-state index contributed by atoms with van der Waals surface area (Å²) in [7, 11) is 0. The molecule has 0 bridgehead atoms. The van der Waals surface area contributed by atoms with Crippen molar-refractivity contribution in [1.29, 1.82) is 0 Å². The first kappa shape index (κ1) is 7.98. The monoisotopic (exact) mass is 153 g/mol. The van der Waals surface area contributed by atoms with Crippen LogP contribution < -0.4 is 0 Å². The molecule has 3 heteroatoms. The number of aliphatic imine (C=N–C) groups is 1. The molecule has 60 valence electrons. The number of hydrogen-bond donors (Lipinski definition) is 1. The number of carboxylic acids is 1. The van der Waals surface area contributed by atoms with E-state index in [1.54, 1.807) is 6.21 Å². The molecule has 0 fully saturated rings. The lowest BCUT2D eigenvalue weighted by Crippen LogP contribution is -2.14. The molecule has 0 saturated carbocycles. The first-order valence-corrected chi connectivity index (χ1v) is 3.69. The van der Waals surface area contributed by atoms with Crippen molar-refractivity contribution in [1.82, 2.24) is 0 Å². The van der Waals surface area contributed by atoms with E-state index in [0.29, 0.717) is 6.42 Å². The Balaban J connectivity index is 2.56. The Morgan fingerprint density at radius 1 is 2.00 bits per heavy atom. The van der Waals surface area contributed by atoms with Gasteiger partial charge in [-0.3, -0.25) is 4.99 Å². The highest BCUT2D eigenvalue weighted by molar-refractivity contribution is 5.88. The SMILES string of the molecule is CC/C=C1\C=N[C@@H](C(=O)O)C1. The van der Waals surface area contributed by atoms with E-state index < -0.39 is 12.0 Å². The van der Waals surface area contributed by atoms with Crippen LogP contribution in [0.2, 0.25) is 0 Å². The van der Waals surface area contributed by atoms with E-state index in [1.807, 2.05) is 13.0 Å². The molecule has 0 spiro atoms. The Hall–Kier alpha value is -1.12. The zero-order chi connectivity index (χ0) is 8.27. The molecule has 0 amide bonds. The van der Waals surface area contributed by atoms with Crippen molar-refractivity contribution in [2.75, 3.05) is 0 Å². The fourth-order valence-corrected chi connectivity index (χ4v) is 1.06. The van der Waals surface area contributed by atoms with Gasteiger partial charge in [0.25, 0.3) is 0 Å². The molecule has 11 heavy (non-hydrogen) atoms. The van der Waals surface area contributed by atoms with E-state index in [4.69, 9.17) is 5.11 Å². The second kappa shape index (κ2) is 3.32. The second-order valence-electron chi connectivity index (χ2n) is 2.52. The fourth-order valence-electron chi connectivity index (χ4n) is 1.06. The fraction of sp³-hybridized carbons (Fsp3) is 0.500. The molecule has 0 aliphatic carbocycles. The molecular weight excluding hydrogens is 142 g/mol. The lowest BCUT2D eigenvalue weighted by Gasteiger charge is -1.97. The van der Waals surface area contributed by atoms with Gasteiger partial charge in [-0.05, 0) is 12.0 Å². The number of aliphatic carboxylic acids is 1. The van der Waals surface area contributed by atoms with Crippen molar-refractivity contribution < 1.29 is 9.90 Å². The normalized spacial score (nSPS) is 26.3. The number of carbonyl (C=O) groups is 1. The average Bonchev–Trinajstić information content (AvgIpc) is 2.37. The van der Waals surface area contributed by atoms with Crippen molar-refractivity contribution in [3.05, 3.63) is 11.6 Å². The third-order valence-corrected chi connectivity index (χ3v) is 1.60. The molecule has 1 aliphatic heterocycles. The van der Waals surface area contributed by atoms with Crippen molar-refractivity contribution in [2.45, 2.75) is 25.8 Å². The number of nitrogens with zero attached hydrogens (tertiary/aromatic N) is 1. The first-order valence-electron chi connectivity index (χ1n) is 3.69. The molecule has 1 aliphatic rings. The predicted molar refractivity (Wildman–Crippen MR) is 42.9 cm³/mol. The number of hydrogen-bond acceptors (Lipinski definition) is 2. The number of carboxylic acid groups (broad SMARTS) is 1. The van der Waals surface area contributed by atoms with Crippen LogP contribution in [0, 0.1) is 0 Å². The topological polar surface area (TPSA) is 49.7 Å². The minimum atomic E-state index is -0.833. The Kier molecular flexibility index (Phi) is 2.41. The zero-order valence-electron chi connectivity index (χ0n) is 6.45. The van der Waals surface area contributed by atoms with Gasteiger partial charge in [-0.2, -0.15) is 0 Å². The summed E-state index contributed by atoms with van der Waals surface area (Å²) >= 11 is 0. The van der Waals surface area contributed by atoms with Crippen LogP contribution in [0.3, 0.4) is 0 Å². The van der Waals surface area contributed by atoms with Gasteiger partial charge in [0.2, 0.25) is 0 Å². The van der Waals surface area contributed by atoms with E-state index in [2.05, 4.69) is 4.99 Å². The van der Waals surface area contributed by atoms with Gasteiger partial charge >= 0.3 is 5.97 Å². The predicted octanol–water partition coefficient (Wildman–Crippen LogP) is 1.25. The summed E-state index contributed by atoms with van der Waals surface area (Å²) in [5.74, 6) is -0.833. The minimum absolute atomic E-state index is 0.534. The average molecular weight is 153 g/mol. The van der Waals surface area contributed by atoms with Gasteiger partial charge in [-0.15, -0.1) is 0 Å². The molecule has 0 aromatic carbocycles. The van der Waals surface area contributed by atoms with Gasteiger partial charge in [0.1, 0.15) is 0 Å². The molecule has 1 rings (SSSR count). The quantitative estimate of drug-likeness (QED) is 0.649. The molecule has 3 nitrogen and oxygen atoms in total. The third-order valence-electron chi connectivity index (χ3n) is 1.60. The maximum atomic E-state index is 10.4. The standard InChI is InChI=1S/C8H11NO2/c1-2-3-6-4-7(8(10)11)9-5-6/h3,5,7H,2,4H2,1H3,(H,10,11)/b6-3-/t7-/m1/s1. The molecule has 1 heterocycles. The Morgan fingerprint density at radius 2 is 2.73 bits per heavy atom. The van der Waals surface area contributed by atoms with Crippen molar-refractivity contribution in [3.63, 3.8) is 0 Å². The highest BCUT2D eigenvalue weighted by atomic mass is 16.4. The van der Waals surface area contributed by atoms with Gasteiger partial charge in [0.05, 0.1) is 0 Å². The van der Waals surface area contributed by atoms with Gasteiger partial charge in [-0.25, -0.2) is 4.79 Å². The van der Waals surface area contributed by atoms with Crippen LogP contribution in [-0.4, -0.2) is 23.3 Å². The van der Waals surface area contributed by atoms with Crippen LogP contribution in [0.4, 0.5) is 0 Å². The van der Waals surface area contributed by atoms with Crippen molar-refractivity contribution in [2.24, 2.45) is 4.99 Å². The Morgan fingerprint density at radius 3 is 3.18 bits per heavy atom.